The fourth-order valence-electron chi connectivity index (χ4n) is 2.63. The highest BCUT2D eigenvalue weighted by atomic mass is 35.5. The molecule has 3 N–H and O–H groups in total. The first-order valence-corrected chi connectivity index (χ1v) is 9.52. The Kier molecular flexibility index (Phi) is 8.81. The van der Waals surface area contributed by atoms with Gasteiger partial charge >= 0.3 is 0 Å². The molecule has 2 rings (SSSR count). The van der Waals surface area contributed by atoms with Gasteiger partial charge in [0.1, 0.15) is 0 Å². The van der Waals surface area contributed by atoms with E-state index >= 15 is 0 Å². The van der Waals surface area contributed by atoms with Crippen LogP contribution < -0.4 is 15.4 Å². The van der Waals surface area contributed by atoms with E-state index in [1.54, 1.807) is 0 Å². The van der Waals surface area contributed by atoms with Gasteiger partial charge in [-0.2, -0.15) is 0 Å². The number of nitrogens with one attached hydrogen (secondary N) is 3. The molecule has 2 atom stereocenters. The molecule has 9 heteroatoms. The summed E-state index contributed by atoms with van der Waals surface area (Å²) in [5.74, 6) is 0.192. The first kappa shape index (κ1) is 21.9. The lowest BCUT2D eigenvalue weighted by molar-refractivity contribution is 0.0914. The van der Waals surface area contributed by atoms with Crippen LogP contribution in [0.25, 0.3) is 0 Å². The Hall–Kier alpha value is -1.19. The smallest absolute Gasteiger partial charge is 0.251 e. The normalized spacial score (nSPS) is 20.6. The number of carbonyl (C=O) groups is 1. The number of methoxy groups -OCH3 is 1. The molecular weight excluding hydrogens is 366 g/mol. The summed E-state index contributed by atoms with van der Waals surface area (Å²) in [6.45, 7) is 4.37. The number of carbonyl (C=O) groups excluding carboxylic acids is 1. The fraction of sp³-hybridized carbons (Fsp3) is 0.562. The van der Waals surface area contributed by atoms with Crippen molar-refractivity contribution < 1.29 is 17.9 Å². The first-order chi connectivity index (χ1) is 11.4. The number of rotatable bonds is 7. The van der Waals surface area contributed by atoms with E-state index in [1.807, 2.05) is 0 Å². The Morgan fingerprint density at radius 2 is 2.00 bits per heavy atom. The van der Waals surface area contributed by atoms with Crippen LogP contribution in [-0.4, -0.2) is 53.7 Å². The van der Waals surface area contributed by atoms with Crippen molar-refractivity contribution in [3.8, 4) is 0 Å². The van der Waals surface area contributed by atoms with Gasteiger partial charge in [0.15, 0.2) is 0 Å². The molecule has 1 amide bonds. The molecule has 1 aromatic rings. The minimum Gasteiger partial charge on any atom is -0.383 e. The van der Waals surface area contributed by atoms with Crippen LogP contribution >= 0.6 is 12.4 Å². The van der Waals surface area contributed by atoms with E-state index < -0.39 is 10.0 Å². The highest BCUT2D eigenvalue weighted by Crippen LogP contribution is 2.13. The van der Waals surface area contributed by atoms with E-state index in [2.05, 4.69) is 22.3 Å². The van der Waals surface area contributed by atoms with Crippen LogP contribution in [0, 0.1) is 5.92 Å². The second-order valence-corrected chi connectivity index (χ2v) is 7.73. The van der Waals surface area contributed by atoms with Crippen LogP contribution in [0.1, 0.15) is 23.7 Å². The van der Waals surface area contributed by atoms with Gasteiger partial charge < -0.3 is 15.4 Å². The maximum Gasteiger partial charge on any atom is 0.251 e. The van der Waals surface area contributed by atoms with Crippen molar-refractivity contribution in [2.45, 2.75) is 24.3 Å². The minimum absolute atomic E-state index is 0. The van der Waals surface area contributed by atoms with Crippen molar-refractivity contribution in [1.82, 2.24) is 15.4 Å². The molecule has 2 unspecified atom stereocenters. The lowest BCUT2D eigenvalue weighted by Crippen LogP contribution is -2.48. The molecule has 1 heterocycles. The summed E-state index contributed by atoms with van der Waals surface area (Å²) in [5.41, 5.74) is 0.455. The van der Waals surface area contributed by atoms with Gasteiger partial charge in [0.25, 0.3) is 5.91 Å². The van der Waals surface area contributed by atoms with Crippen LogP contribution in [0.15, 0.2) is 29.2 Å². The van der Waals surface area contributed by atoms with Gasteiger partial charge in [0, 0.05) is 25.3 Å². The SMILES string of the molecule is COCCNS(=O)(=O)c1ccc(C(=O)NC2CCNCC2C)cc1.Cl. The summed E-state index contributed by atoms with van der Waals surface area (Å²) in [6, 6.07) is 6.09. The molecule has 0 saturated carbocycles. The number of piperidine rings is 1. The highest BCUT2D eigenvalue weighted by molar-refractivity contribution is 7.89. The standard InChI is InChI=1S/C16H25N3O4S.ClH/c1-12-11-17-8-7-15(12)19-16(20)13-3-5-14(6-4-13)24(21,22)18-9-10-23-2;/h3-6,12,15,17-18H,7-11H2,1-2H3,(H,19,20);1H. The summed E-state index contributed by atoms with van der Waals surface area (Å²) in [7, 11) is -2.08. The van der Waals surface area contributed by atoms with E-state index in [-0.39, 0.29) is 35.8 Å². The first-order valence-electron chi connectivity index (χ1n) is 8.04. The van der Waals surface area contributed by atoms with Crippen LogP contribution in [-0.2, 0) is 14.8 Å². The van der Waals surface area contributed by atoms with Gasteiger partial charge in [0.2, 0.25) is 10.0 Å². The molecule has 0 radical (unpaired) electrons. The molecule has 142 valence electrons. The number of benzene rings is 1. The Morgan fingerprint density at radius 1 is 1.32 bits per heavy atom. The fourth-order valence-corrected chi connectivity index (χ4v) is 3.64. The molecular formula is C16H26ClN3O4S. The molecule has 0 aliphatic carbocycles. The number of sulfonamides is 1. The summed E-state index contributed by atoms with van der Waals surface area (Å²) in [6.07, 6.45) is 0.892. The zero-order valence-electron chi connectivity index (χ0n) is 14.4. The molecule has 1 aromatic carbocycles. The molecule has 0 bridgehead atoms. The van der Waals surface area contributed by atoms with Gasteiger partial charge in [-0.1, -0.05) is 6.92 Å². The maximum atomic E-state index is 12.3. The average Bonchev–Trinajstić information content (AvgIpc) is 2.57. The topological polar surface area (TPSA) is 96.5 Å². The number of ether oxygens (including phenoxy) is 1. The van der Waals surface area contributed by atoms with E-state index in [0.717, 1.165) is 19.5 Å². The predicted octanol–water partition coefficient (Wildman–Crippen LogP) is 0.761. The zero-order valence-corrected chi connectivity index (χ0v) is 16.1. The molecule has 1 saturated heterocycles. The lowest BCUT2D eigenvalue weighted by Gasteiger charge is -2.30. The average molecular weight is 392 g/mol. The van der Waals surface area contributed by atoms with Gasteiger partial charge in [-0.15, -0.1) is 12.4 Å². The molecule has 25 heavy (non-hydrogen) atoms. The van der Waals surface area contributed by atoms with Crippen molar-refractivity contribution in [1.29, 1.82) is 0 Å². The summed E-state index contributed by atoms with van der Waals surface area (Å²) in [4.78, 5) is 12.4. The quantitative estimate of drug-likeness (QED) is 0.596. The third-order valence-electron chi connectivity index (χ3n) is 4.13. The summed E-state index contributed by atoms with van der Waals surface area (Å²) < 4.78 is 31.4. The Balaban J connectivity index is 0.00000312. The van der Waals surface area contributed by atoms with E-state index in [1.165, 1.54) is 31.4 Å². The van der Waals surface area contributed by atoms with Gasteiger partial charge in [0.05, 0.1) is 11.5 Å². The largest absolute Gasteiger partial charge is 0.383 e. The van der Waals surface area contributed by atoms with Crippen molar-refractivity contribution in [3.05, 3.63) is 29.8 Å². The number of amides is 1. The number of hydrogen-bond donors (Lipinski definition) is 3. The maximum absolute atomic E-state index is 12.3. The van der Waals surface area contributed by atoms with E-state index in [9.17, 15) is 13.2 Å². The zero-order chi connectivity index (χ0) is 17.6. The van der Waals surface area contributed by atoms with Gasteiger partial charge in [-0.25, -0.2) is 13.1 Å². The van der Waals surface area contributed by atoms with Crippen LogP contribution in [0.3, 0.4) is 0 Å². The molecule has 1 aliphatic rings. The van der Waals surface area contributed by atoms with E-state index in [0.29, 0.717) is 18.1 Å². The number of hydrogen-bond acceptors (Lipinski definition) is 5. The van der Waals surface area contributed by atoms with E-state index in [4.69, 9.17) is 4.74 Å². The third-order valence-corrected chi connectivity index (χ3v) is 5.60. The van der Waals surface area contributed by atoms with Crippen molar-refractivity contribution in [3.63, 3.8) is 0 Å². The predicted molar refractivity (Wildman–Crippen MR) is 98.7 cm³/mol. The van der Waals surface area contributed by atoms with Crippen molar-refractivity contribution >= 4 is 28.3 Å². The van der Waals surface area contributed by atoms with Crippen LogP contribution in [0.5, 0.6) is 0 Å². The molecule has 1 aliphatic heterocycles. The molecule has 0 spiro atoms. The third kappa shape index (κ3) is 6.23. The lowest BCUT2D eigenvalue weighted by atomic mass is 9.95. The second-order valence-electron chi connectivity index (χ2n) is 5.96. The Morgan fingerprint density at radius 3 is 2.60 bits per heavy atom. The summed E-state index contributed by atoms with van der Waals surface area (Å²) >= 11 is 0. The van der Waals surface area contributed by atoms with Crippen LogP contribution in [0.2, 0.25) is 0 Å². The number of halogens is 1. The monoisotopic (exact) mass is 391 g/mol. The van der Waals surface area contributed by atoms with Gasteiger partial charge in [-0.3, -0.25) is 4.79 Å². The minimum atomic E-state index is -3.58. The van der Waals surface area contributed by atoms with Gasteiger partial charge in [-0.05, 0) is 49.7 Å². The van der Waals surface area contributed by atoms with Crippen molar-refractivity contribution in [2.24, 2.45) is 5.92 Å². The molecule has 0 aromatic heterocycles. The van der Waals surface area contributed by atoms with Crippen LogP contribution in [0.4, 0.5) is 0 Å². The Labute approximate surface area is 155 Å². The molecule has 7 nitrogen and oxygen atoms in total. The summed E-state index contributed by atoms with van der Waals surface area (Å²) in [5, 5.41) is 6.31. The van der Waals surface area contributed by atoms with Crippen molar-refractivity contribution in [2.75, 3.05) is 33.4 Å². The highest BCUT2D eigenvalue weighted by Gasteiger charge is 2.23. The molecule has 1 fully saturated rings. The second kappa shape index (κ2) is 10.1. The Bertz CT molecular complexity index is 652.